The molecule has 14 heteroatoms. The van der Waals surface area contributed by atoms with Gasteiger partial charge in [0.15, 0.2) is 12.6 Å². The molecule has 0 aromatic rings. The molecule has 12 unspecified atom stereocenters. The van der Waals surface area contributed by atoms with E-state index in [0.717, 1.165) is 89.9 Å². The average molecular weight is 1300 g/mol. The highest BCUT2D eigenvalue weighted by atomic mass is 16.7. The molecule has 9 N–H and O–H groups in total. The minimum Gasteiger partial charge on any atom is -0.394 e. The summed E-state index contributed by atoms with van der Waals surface area (Å²) >= 11 is 0. The molecule has 2 fully saturated rings. The van der Waals surface area contributed by atoms with Crippen molar-refractivity contribution in [1.82, 2.24) is 5.32 Å². The van der Waals surface area contributed by atoms with E-state index < -0.39 is 86.8 Å². The van der Waals surface area contributed by atoms with Crippen molar-refractivity contribution in [1.29, 1.82) is 0 Å². The maximum Gasteiger partial charge on any atom is 0.220 e. The Labute approximate surface area is 561 Å². The first kappa shape index (κ1) is 85.5. The predicted molar refractivity (Wildman–Crippen MR) is 378 cm³/mol. The van der Waals surface area contributed by atoms with Gasteiger partial charge >= 0.3 is 0 Å². The molecule has 0 aliphatic carbocycles. The molecule has 0 saturated carbocycles. The zero-order chi connectivity index (χ0) is 66.6. The van der Waals surface area contributed by atoms with Crippen LogP contribution < -0.4 is 5.32 Å². The third-order valence-electron chi connectivity index (χ3n) is 18.4. The highest BCUT2D eigenvalue weighted by molar-refractivity contribution is 5.76. The molecule has 0 bridgehead atoms. The number of hydrogen-bond donors (Lipinski definition) is 9. The number of carbonyl (C=O) groups is 1. The van der Waals surface area contributed by atoms with Crippen molar-refractivity contribution in [2.75, 3.05) is 19.8 Å². The summed E-state index contributed by atoms with van der Waals surface area (Å²) in [6.07, 6.45) is 67.8. The molecule has 1 amide bonds. The lowest BCUT2D eigenvalue weighted by molar-refractivity contribution is -0.359. The summed E-state index contributed by atoms with van der Waals surface area (Å²) in [7, 11) is 0. The number of amides is 1. The first-order valence-electron chi connectivity index (χ1n) is 38.2. The lowest BCUT2D eigenvalue weighted by Crippen LogP contribution is -2.65. The van der Waals surface area contributed by atoms with Gasteiger partial charge in [-0.3, -0.25) is 4.79 Å². The number of unbranched alkanes of at least 4 members (excludes halogenated alkanes) is 38. The Morgan fingerprint density at radius 1 is 0.402 bits per heavy atom. The van der Waals surface area contributed by atoms with Crippen LogP contribution in [0.5, 0.6) is 0 Å². The summed E-state index contributed by atoms with van der Waals surface area (Å²) in [5.74, 6) is -0.214. The summed E-state index contributed by atoms with van der Waals surface area (Å²) in [6.45, 7) is 2.78. The third kappa shape index (κ3) is 45.0. The standard InChI is InChI=1S/C78H141NO13/c1-3-5-7-9-11-13-15-17-19-21-23-25-27-29-31-32-33-34-36-37-39-41-43-45-47-49-51-53-55-57-59-61-67(82)66(65-89-77-75(88)73(86)76(69(64-81)91-77)92-78-74(87)72(85)71(84)68(63-80)90-78)79-70(83)62-60-58-56-54-52-50-48-46-44-42-40-38-35-30-28-26-24-22-20-18-16-14-12-10-8-6-4-2/h6,8,12,14,18,20,24,26,30,35,40,42,66-69,71-78,80-82,84-88H,3-5,7,9-11,13,15-17,19,21-23,25,27-29,31-34,36-39,41,43-65H2,1-2H3,(H,79,83)/b8-6-,14-12-,20-18-,26-24-,35-30-,42-40-. The first-order chi connectivity index (χ1) is 45.1. The number of hydrogen-bond acceptors (Lipinski definition) is 13. The van der Waals surface area contributed by atoms with Crippen molar-refractivity contribution < 1.29 is 64.6 Å². The van der Waals surface area contributed by atoms with Gasteiger partial charge in [0.25, 0.3) is 0 Å². The normalized spacial score (nSPS) is 23.1. The molecule has 0 radical (unpaired) electrons. The predicted octanol–water partition coefficient (Wildman–Crippen LogP) is 16.6. The summed E-state index contributed by atoms with van der Waals surface area (Å²) in [5.41, 5.74) is 0. The van der Waals surface area contributed by atoms with Crippen molar-refractivity contribution in [3.05, 3.63) is 72.9 Å². The molecule has 2 aliphatic heterocycles. The van der Waals surface area contributed by atoms with Gasteiger partial charge in [0.05, 0.1) is 32.0 Å². The molecule has 0 aromatic heterocycles. The highest BCUT2D eigenvalue weighted by Gasteiger charge is 2.51. The largest absolute Gasteiger partial charge is 0.394 e. The van der Waals surface area contributed by atoms with Crippen LogP contribution in [0.15, 0.2) is 72.9 Å². The van der Waals surface area contributed by atoms with E-state index >= 15 is 0 Å². The summed E-state index contributed by atoms with van der Waals surface area (Å²) in [6, 6.07) is -0.840. The lowest BCUT2D eigenvalue weighted by Gasteiger charge is -2.46. The molecule has 2 rings (SSSR count). The van der Waals surface area contributed by atoms with E-state index in [0.29, 0.717) is 19.3 Å². The van der Waals surface area contributed by atoms with E-state index in [1.807, 2.05) is 0 Å². The zero-order valence-corrected chi connectivity index (χ0v) is 58.5. The minimum absolute atomic E-state index is 0.214. The van der Waals surface area contributed by atoms with Gasteiger partial charge in [-0.1, -0.05) is 324 Å². The van der Waals surface area contributed by atoms with Gasteiger partial charge in [-0.05, 0) is 64.2 Å². The van der Waals surface area contributed by atoms with Gasteiger partial charge in [-0.25, -0.2) is 0 Å². The van der Waals surface area contributed by atoms with Crippen LogP contribution in [-0.2, 0) is 23.7 Å². The molecule has 2 saturated heterocycles. The van der Waals surface area contributed by atoms with Crippen LogP contribution in [0.25, 0.3) is 0 Å². The Morgan fingerprint density at radius 2 is 0.750 bits per heavy atom. The zero-order valence-electron chi connectivity index (χ0n) is 58.5. The third-order valence-corrected chi connectivity index (χ3v) is 18.4. The fourth-order valence-electron chi connectivity index (χ4n) is 12.4. The molecular formula is C78H141NO13. The molecule has 2 aliphatic rings. The van der Waals surface area contributed by atoms with E-state index in [2.05, 4.69) is 92.1 Å². The van der Waals surface area contributed by atoms with Gasteiger partial charge in [0.1, 0.15) is 48.8 Å². The van der Waals surface area contributed by atoms with Crippen LogP contribution in [0.4, 0.5) is 0 Å². The maximum absolute atomic E-state index is 13.4. The Kier molecular flexibility index (Phi) is 57.6. The van der Waals surface area contributed by atoms with Gasteiger partial charge in [0, 0.05) is 6.42 Å². The number of allylic oxidation sites excluding steroid dienone is 12. The van der Waals surface area contributed by atoms with Crippen LogP contribution in [0.1, 0.15) is 322 Å². The smallest absolute Gasteiger partial charge is 0.220 e. The summed E-state index contributed by atoms with van der Waals surface area (Å²) in [4.78, 5) is 13.4. The van der Waals surface area contributed by atoms with Gasteiger partial charge in [0.2, 0.25) is 5.91 Å². The first-order valence-corrected chi connectivity index (χ1v) is 38.2. The molecule has 0 aromatic carbocycles. The topological polar surface area (TPSA) is 228 Å². The van der Waals surface area contributed by atoms with Gasteiger partial charge in [-0.2, -0.15) is 0 Å². The van der Waals surface area contributed by atoms with Crippen molar-refractivity contribution in [3.63, 3.8) is 0 Å². The van der Waals surface area contributed by atoms with Gasteiger partial charge in [-0.15, -0.1) is 0 Å². The van der Waals surface area contributed by atoms with Crippen LogP contribution in [0.3, 0.4) is 0 Å². The van der Waals surface area contributed by atoms with Crippen LogP contribution in [0, 0.1) is 0 Å². The van der Waals surface area contributed by atoms with Crippen molar-refractivity contribution in [3.8, 4) is 0 Å². The fourth-order valence-corrected chi connectivity index (χ4v) is 12.4. The van der Waals surface area contributed by atoms with E-state index in [1.165, 1.54) is 199 Å². The number of carbonyl (C=O) groups excluding carboxylic acids is 1. The SMILES string of the molecule is CC/C=C\C/C=C\C/C=C\C/C=C\C/C=C\C/C=C\CCCCCCCCCCC(=O)NC(COC1OC(CO)C(OC2OC(CO)C(O)C(O)C2O)C(O)C1O)C(O)CCCCCCCCCCCCCCCCCCCCCCCCCCCCCCCCC. The average Bonchev–Trinajstić information content (AvgIpc) is 0.882. The second-order valence-electron chi connectivity index (χ2n) is 26.8. The van der Waals surface area contributed by atoms with E-state index in [1.54, 1.807) is 0 Å². The molecular weight excluding hydrogens is 1160 g/mol. The maximum atomic E-state index is 13.4. The molecule has 536 valence electrons. The summed E-state index contributed by atoms with van der Waals surface area (Å²) in [5, 5.41) is 87.8. The van der Waals surface area contributed by atoms with Crippen LogP contribution in [-0.4, -0.2) is 140 Å². The number of ether oxygens (including phenoxy) is 4. The highest BCUT2D eigenvalue weighted by Crippen LogP contribution is 2.30. The Morgan fingerprint density at radius 3 is 1.15 bits per heavy atom. The quantitative estimate of drug-likeness (QED) is 0.0204. The molecule has 14 nitrogen and oxygen atoms in total. The summed E-state index contributed by atoms with van der Waals surface area (Å²) < 4.78 is 23.0. The minimum atomic E-state index is -1.79. The van der Waals surface area contributed by atoms with E-state index in [-0.39, 0.29) is 12.5 Å². The Balaban J connectivity index is 1.64. The van der Waals surface area contributed by atoms with Crippen molar-refractivity contribution in [2.45, 2.75) is 396 Å². The van der Waals surface area contributed by atoms with Crippen LogP contribution >= 0.6 is 0 Å². The molecule has 92 heavy (non-hydrogen) atoms. The second kappa shape index (κ2) is 62.0. The Hall–Kier alpha value is -2.57. The van der Waals surface area contributed by atoms with Crippen LogP contribution in [0.2, 0.25) is 0 Å². The van der Waals surface area contributed by atoms with E-state index in [9.17, 15) is 45.6 Å². The molecule has 0 spiro atoms. The van der Waals surface area contributed by atoms with Crippen molar-refractivity contribution >= 4 is 5.91 Å². The fraction of sp³-hybridized carbons (Fsp3) is 0.833. The van der Waals surface area contributed by atoms with E-state index in [4.69, 9.17) is 18.9 Å². The van der Waals surface area contributed by atoms with Gasteiger partial charge < -0.3 is 65.1 Å². The van der Waals surface area contributed by atoms with Crippen molar-refractivity contribution in [2.24, 2.45) is 0 Å². The number of nitrogens with one attached hydrogen (secondary N) is 1. The number of rotatable bonds is 63. The lowest BCUT2D eigenvalue weighted by atomic mass is 9.97. The number of aliphatic hydroxyl groups is 8. The molecule has 2 heterocycles. The Bertz CT molecular complexity index is 1820. The monoisotopic (exact) mass is 1300 g/mol. The number of aliphatic hydroxyl groups excluding tert-OH is 8. The molecule has 12 atom stereocenters. The second-order valence-corrected chi connectivity index (χ2v) is 26.8.